The van der Waals surface area contributed by atoms with Gasteiger partial charge in [-0.15, -0.1) is 0 Å². The minimum absolute atomic E-state index is 0.0856. The van der Waals surface area contributed by atoms with E-state index in [4.69, 9.17) is 4.74 Å². The van der Waals surface area contributed by atoms with Crippen molar-refractivity contribution in [2.75, 3.05) is 19.8 Å². The first-order valence-electron chi connectivity index (χ1n) is 6.24. The van der Waals surface area contributed by atoms with E-state index in [9.17, 15) is 14.7 Å². The Morgan fingerprint density at radius 3 is 2.65 bits per heavy atom. The lowest BCUT2D eigenvalue weighted by atomic mass is 9.80. The largest absolute Gasteiger partial charge is 0.481 e. The van der Waals surface area contributed by atoms with Crippen molar-refractivity contribution in [2.45, 2.75) is 12.8 Å². The zero-order valence-corrected chi connectivity index (χ0v) is 12.4. The van der Waals surface area contributed by atoms with Gasteiger partial charge in [-0.05, 0) is 40.9 Å². The number of halogens is 1. The van der Waals surface area contributed by atoms with E-state index in [-0.39, 0.29) is 18.1 Å². The van der Waals surface area contributed by atoms with Crippen molar-refractivity contribution >= 4 is 27.8 Å². The van der Waals surface area contributed by atoms with Gasteiger partial charge in [-0.25, -0.2) is 4.98 Å². The number of hydrogen-bond acceptors (Lipinski definition) is 4. The number of nitrogens with zero attached hydrogens (tertiary/aromatic N) is 1. The molecular formula is C13H15BrN2O4. The molecule has 0 aromatic carbocycles. The molecule has 0 unspecified atom stereocenters. The van der Waals surface area contributed by atoms with Gasteiger partial charge in [0.05, 0.1) is 5.41 Å². The van der Waals surface area contributed by atoms with E-state index < -0.39 is 11.4 Å². The summed E-state index contributed by atoms with van der Waals surface area (Å²) < 4.78 is 5.96. The Bertz CT molecular complexity index is 498. The molecule has 0 saturated carbocycles. The highest BCUT2D eigenvalue weighted by atomic mass is 79.9. The summed E-state index contributed by atoms with van der Waals surface area (Å²) >= 11 is 3.24. The highest BCUT2D eigenvalue weighted by Gasteiger charge is 2.40. The van der Waals surface area contributed by atoms with Crippen LogP contribution >= 0.6 is 15.9 Å². The minimum Gasteiger partial charge on any atom is -0.481 e. The van der Waals surface area contributed by atoms with Gasteiger partial charge in [0.25, 0.3) is 5.91 Å². The van der Waals surface area contributed by atoms with Crippen LogP contribution in [0.25, 0.3) is 0 Å². The molecule has 0 bridgehead atoms. The van der Waals surface area contributed by atoms with Crippen LogP contribution < -0.4 is 5.32 Å². The molecule has 1 saturated heterocycles. The molecule has 1 fully saturated rings. The Hall–Kier alpha value is -1.47. The maximum absolute atomic E-state index is 12.0. The average Bonchev–Trinajstić information content (AvgIpc) is 2.46. The summed E-state index contributed by atoms with van der Waals surface area (Å²) in [7, 11) is 0. The highest BCUT2D eigenvalue weighted by molar-refractivity contribution is 9.10. The lowest BCUT2D eigenvalue weighted by molar-refractivity contribution is -0.154. The van der Waals surface area contributed by atoms with Crippen molar-refractivity contribution in [3.8, 4) is 0 Å². The van der Waals surface area contributed by atoms with E-state index in [1.807, 2.05) is 0 Å². The molecule has 2 heterocycles. The third-order valence-electron chi connectivity index (χ3n) is 3.45. The van der Waals surface area contributed by atoms with Gasteiger partial charge >= 0.3 is 5.97 Å². The van der Waals surface area contributed by atoms with Crippen LogP contribution in [-0.4, -0.2) is 41.7 Å². The van der Waals surface area contributed by atoms with Gasteiger partial charge in [0.2, 0.25) is 0 Å². The predicted octanol–water partition coefficient (Wildman–Crippen LogP) is 1.46. The van der Waals surface area contributed by atoms with E-state index in [2.05, 4.69) is 26.2 Å². The molecule has 0 atom stereocenters. The minimum atomic E-state index is -0.941. The molecule has 2 rings (SSSR count). The number of carbonyl (C=O) groups is 2. The number of carbonyl (C=O) groups excluding carboxylic acids is 1. The summed E-state index contributed by atoms with van der Waals surface area (Å²) in [5.41, 5.74) is -0.677. The molecule has 1 aromatic rings. The SMILES string of the molecule is O=C(NCC1(C(=O)O)CCOCC1)c1ccc(Br)cn1. The van der Waals surface area contributed by atoms with E-state index >= 15 is 0 Å². The van der Waals surface area contributed by atoms with Crippen LogP contribution in [0, 0.1) is 5.41 Å². The first-order chi connectivity index (χ1) is 9.53. The average molecular weight is 343 g/mol. The summed E-state index contributed by atoms with van der Waals surface area (Å²) in [5, 5.41) is 12.0. The molecule has 0 radical (unpaired) electrons. The van der Waals surface area contributed by atoms with Gasteiger partial charge in [-0.1, -0.05) is 0 Å². The number of nitrogens with one attached hydrogen (secondary N) is 1. The summed E-state index contributed by atoms with van der Waals surface area (Å²) in [4.78, 5) is 27.4. The van der Waals surface area contributed by atoms with Crippen LogP contribution in [0.5, 0.6) is 0 Å². The van der Waals surface area contributed by atoms with Crippen LogP contribution in [0.1, 0.15) is 23.3 Å². The van der Waals surface area contributed by atoms with Crippen molar-refractivity contribution in [1.82, 2.24) is 10.3 Å². The number of hydrogen-bond donors (Lipinski definition) is 2. The second kappa shape index (κ2) is 6.32. The Labute approximate surface area is 124 Å². The summed E-state index contributed by atoms with van der Waals surface area (Å²) in [6.07, 6.45) is 2.32. The quantitative estimate of drug-likeness (QED) is 0.864. The molecule has 0 aliphatic carbocycles. The number of amides is 1. The number of rotatable bonds is 4. The first kappa shape index (κ1) is 14.9. The van der Waals surface area contributed by atoms with Crippen molar-refractivity contribution in [3.63, 3.8) is 0 Å². The van der Waals surface area contributed by atoms with Crippen LogP contribution in [-0.2, 0) is 9.53 Å². The normalized spacial score (nSPS) is 17.4. The number of pyridine rings is 1. The zero-order chi connectivity index (χ0) is 14.6. The van der Waals surface area contributed by atoms with Crippen LogP contribution in [0.4, 0.5) is 0 Å². The molecule has 1 aliphatic heterocycles. The fraction of sp³-hybridized carbons (Fsp3) is 0.462. The Morgan fingerprint density at radius 2 is 2.10 bits per heavy atom. The lowest BCUT2D eigenvalue weighted by Gasteiger charge is -2.33. The van der Waals surface area contributed by atoms with Crippen molar-refractivity contribution in [1.29, 1.82) is 0 Å². The van der Waals surface area contributed by atoms with Gasteiger partial charge in [-0.3, -0.25) is 9.59 Å². The Kier molecular flexibility index (Phi) is 4.72. The standard InChI is InChI=1S/C13H15BrN2O4/c14-9-1-2-10(15-7-9)11(17)16-8-13(12(18)19)3-5-20-6-4-13/h1-2,7H,3-6,8H2,(H,16,17)(H,18,19). The predicted molar refractivity (Wildman–Crippen MR) is 74.4 cm³/mol. The molecule has 1 aliphatic rings. The monoisotopic (exact) mass is 342 g/mol. The summed E-state index contributed by atoms with van der Waals surface area (Å²) in [6, 6.07) is 3.29. The maximum atomic E-state index is 12.0. The van der Waals surface area contributed by atoms with E-state index in [1.165, 1.54) is 6.20 Å². The second-order valence-electron chi connectivity index (χ2n) is 4.74. The van der Waals surface area contributed by atoms with Crippen molar-refractivity contribution in [3.05, 3.63) is 28.5 Å². The fourth-order valence-electron chi connectivity index (χ4n) is 2.08. The summed E-state index contributed by atoms with van der Waals surface area (Å²) in [5.74, 6) is -1.27. The van der Waals surface area contributed by atoms with Crippen LogP contribution in [0.15, 0.2) is 22.8 Å². The van der Waals surface area contributed by atoms with Crippen LogP contribution in [0.2, 0.25) is 0 Å². The smallest absolute Gasteiger partial charge is 0.311 e. The zero-order valence-electron chi connectivity index (χ0n) is 10.8. The number of ether oxygens (including phenoxy) is 1. The Balaban J connectivity index is 2.00. The lowest BCUT2D eigenvalue weighted by Crippen LogP contribution is -2.46. The third-order valence-corrected chi connectivity index (χ3v) is 3.92. The van der Waals surface area contributed by atoms with Gasteiger partial charge in [0.15, 0.2) is 0 Å². The summed E-state index contributed by atoms with van der Waals surface area (Å²) in [6.45, 7) is 0.889. The fourth-order valence-corrected chi connectivity index (χ4v) is 2.31. The topological polar surface area (TPSA) is 88.5 Å². The number of aliphatic carboxylic acids is 1. The molecule has 7 heteroatoms. The van der Waals surface area contributed by atoms with E-state index in [0.29, 0.717) is 26.1 Å². The molecule has 2 N–H and O–H groups in total. The van der Waals surface area contributed by atoms with Gasteiger partial charge in [-0.2, -0.15) is 0 Å². The van der Waals surface area contributed by atoms with E-state index in [1.54, 1.807) is 12.1 Å². The molecule has 1 aromatic heterocycles. The maximum Gasteiger partial charge on any atom is 0.311 e. The molecule has 20 heavy (non-hydrogen) atoms. The molecular weight excluding hydrogens is 328 g/mol. The molecule has 6 nitrogen and oxygen atoms in total. The number of carboxylic acids is 1. The van der Waals surface area contributed by atoms with Crippen molar-refractivity contribution < 1.29 is 19.4 Å². The van der Waals surface area contributed by atoms with E-state index in [0.717, 1.165) is 4.47 Å². The molecule has 108 valence electrons. The second-order valence-corrected chi connectivity index (χ2v) is 5.66. The highest BCUT2D eigenvalue weighted by Crippen LogP contribution is 2.30. The van der Waals surface area contributed by atoms with Crippen molar-refractivity contribution in [2.24, 2.45) is 5.41 Å². The van der Waals surface area contributed by atoms with Gasteiger partial charge in [0.1, 0.15) is 5.69 Å². The third kappa shape index (κ3) is 3.34. The number of aromatic nitrogens is 1. The first-order valence-corrected chi connectivity index (χ1v) is 7.04. The Morgan fingerprint density at radius 1 is 1.40 bits per heavy atom. The van der Waals surface area contributed by atoms with Crippen LogP contribution in [0.3, 0.4) is 0 Å². The van der Waals surface area contributed by atoms with Gasteiger partial charge < -0.3 is 15.2 Å². The molecule has 0 spiro atoms. The van der Waals surface area contributed by atoms with Gasteiger partial charge in [0, 0.05) is 30.4 Å². The number of carboxylic acid groups (broad SMARTS) is 1. The molecule has 1 amide bonds.